The fourth-order valence-electron chi connectivity index (χ4n) is 2.84. The first-order chi connectivity index (χ1) is 13.0. The number of benzene rings is 2. The molecule has 2 amide bonds. The van der Waals surface area contributed by atoms with Gasteiger partial charge in [0, 0.05) is 30.0 Å². The molecule has 1 fully saturated rings. The summed E-state index contributed by atoms with van der Waals surface area (Å²) in [6.45, 7) is 1.90. The molecule has 0 heterocycles. The second-order valence-electron chi connectivity index (χ2n) is 6.96. The van der Waals surface area contributed by atoms with Crippen LogP contribution < -0.4 is 10.6 Å². The summed E-state index contributed by atoms with van der Waals surface area (Å²) in [4.78, 5) is 36.0. The number of Topliss-reactive ketones (excluding diaryl/α,β-unsaturated/α-hetero) is 1. The van der Waals surface area contributed by atoms with Gasteiger partial charge in [-0.3, -0.25) is 14.4 Å². The highest BCUT2D eigenvalue weighted by molar-refractivity contribution is 5.98. The lowest BCUT2D eigenvalue weighted by molar-refractivity contribution is -0.121. The Morgan fingerprint density at radius 1 is 0.963 bits per heavy atom. The van der Waals surface area contributed by atoms with Crippen LogP contribution in [0.1, 0.15) is 54.6 Å². The van der Waals surface area contributed by atoms with Crippen LogP contribution in [0.2, 0.25) is 0 Å². The molecule has 0 bridgehead atoms. The van der Waals surface area contributed by atoms with Gasteiger partial charge in [-0.2, -0.15) is 0 Å². The first-order valence-electron chi connectivity index (χ1n) is 9.31. The summed E-state index contributed by atoms with van der Waals surface area (Å²) in [6.07, 6.45) is 2.29. The molecule has 1 atom stereocenters. The summed E-state index contributed by atoms with van der Waals surface area (Å²) >= 11 is 0. The lowest BCUT2D eigenvalue weighted by atomic mass is 10.1. The number of carbonyl (C=O) groups excluding carboxylic acids is 3. The van der Waals surface area contributed by atoms with E-state index in [2.05, 4.69) is 10.6 Å². The number of hydrogen-bond donors (Lipinski definition) is 2. The minimum absolute atomic E-state index is 0.0332. The number of nitrogens with one attached hydrogen (secondary N) is 2. The second-order valence-corrected chi connectivity index (χ2v) is 6.96. The van der Waals surface area contributed by atoms with Crippen molar-refractivity contribution in [2.24, 2.45) is 5.92 Å². The molecule has 2 aromatic carbocycles. The van der Waals surface area contributed by atoms with Crippen LogP contribution in [0.4, 0.5) is 5.69 Å². The van der Waals surface area contributed by atoms with Crippen LogP contribution >= 0.6 is 0 Å². The Bertz CT molecular complexity index is 811. The molecule has 0 aromatic heterocycles. The SMILES string of the molecule is CC(NC(=O)CCC(=O)c1ccccc1)c1ccc(NC(=O)C2CC2)cc1. The van der Waals surface area contributed by atoms with E-state index < -0.39 is 0 Å². The molecule has 1 aliphatic carbocycles. The minimum Gasteiger partial charge on any atom is -0.350 e. The molecular weight excluding hydrogens is 340 g/mol. The molecular formula is C22H24N2O3. The Hall–Kier alpha value is -2.95. The van der Waals surface area contributed by atoms with E-state index in [0.717, 1.165) is 24.1 Å². The van der Waals surface area contributed by atoms with Crippen molar-refractivity contribution in [2.75, 3.05) is 5.32 Å². The van der Waals surface area contributed by atoms with Gasteiger partial charge in [-0.25, -0.2) is 0 Å². The Labute approximate surface area is 159 Å². The van der Waals surface area contributed by atoms with E-state index in [0.29, 0.717) is 5.56 Å². The van der Waals surface area contributed by atoms with Gasteiger partial charge in [0.2, 0.25) is 11.8 Å². The van der Waals surface area contributed by atoms with Crippen molar-refractivity contribution < 1.29 is 14.4 Å². The summed E-state index contributed by atoms with van der Waals surface area (Å²) in [5.74, 6) is 0.0562. The van der Waals surface area contributed by atoms with Gasteiger partial charge in [0.25, 0.3) is 0 Å². The monoisotopic (exact) mass is 364 g/mol. The first-order valence-corrected chi connectivity index (χ1v) is 9.31. The zero-order chi connectivity index (χ0) is 19.2. The predicted octanol–water partition coefficient (Wildman–Crippen LogP) is 3.88. The molecule has 2 N–H and O–H groups in total. The Balaban J connectivity index is 1.46. The number of amides is 2. The maximum Gasteiger partial charge on any atom is 0.227 e. The fourth-order valence-corrected chi connectivity index (χ4v) is 2.84. The van der Waals surface area contributed by atoms with Crippen LogP contribution in [0.3, 0.4) is 0 Å². The topological polar surface area (TPSA) is 75.3 Å². The molecule has 0 radical (unpaired) electrons. The molecule has 5 heteroatoms. The molecule has 0 saturated heterocycles. The van der Waals surface area contributed by atoms with E-state index >= 15 is 0 Å². The van der Waals surface area contributed by atoms with Crippen molar-refractivity contribution in [1.29, 1.82) is 0 Å². The highest BCUT2D eigenvalue weighted by Crippen LogP contribution is 2.30. The quantitative estimate of drug-likeness (QED) is 0.698. The maximum atomic E-state index is 12.1. The standard InChI is InChI=1S/C22H24N2O3/c1-15(16-9-11-19(12-10-16)24-22(27)18-7-8-18)23-21(26)14-13-20(25)17-5-3-2-4-6-17/h2-6,9-12,15,18H,7-8,13-14H2,1H3,(H,23,26)(H,24,27). The summed E-state index contributed by atoms with van der Waals surface area (Å²) in [5.41, 5.74) is 2.34. The molecule has 0 aliphatic heterocycles. The van der Waals surface area contributed by atoms with Crippen molar-refractivity contribution in [3.8, 4) is 0 Å². The highest BCUT2D eigenvalue weighted by atomic mass is 16.2. The van der Waals surface area contributed by atoms with Crippen molar-refractivity contribution in [2.45, 2.75) is 38.6 Å². The van der Waals surface area contributed by atoms with Gasteiger partial charge < -0.3 is 10.6 Å². The first kappa shape index (κ1) is 18.8. The molecule has 140 valence electrons. The zero-order valence-corrected chi connectivity index (χ0v) is 15.4. The van der Waals surface area contributed by atoms with Crippen LogP contribution in [-0.4, -0.2) is 17.6 Å². The van der Waals surface area contributed by atoms with Gasteiger partial charge in [-0.1, -0.05) is 42.5 Å². The summed E-state index contributed by atoms with van der Waals surface area (Å²) in [5, 5.41) is 5.81. The molecule has 2 aromatic rings. The van der Waals surface area contributed by atoms with Crippen molar-refractivity contribution in [3.05, 3.63) is 65.7 Å². The lowest BCUT2D eigenvalue weighted by Crippen LogP contribution is -2.27. The van der Waals surface area contributed by atoms with Crippen LogP contribution in [0.5, 0.6) is 0 Å². The van der Waals surface area contributed by atoms with Gasteiger partial charge in [-0.15, -0.1) is 0 Å². The molecule has 27 heavy (non-hydrogen) atoms. The van der Waals surface area contributed by atoms with E-state index in [-0.39, 0.29) is 42.4 Å². The summed E-state index contributed by atoms with van der Waals surface area (Å²) in [7, 11) is 0. The minimum atomic E-state index is -0.169. The molecule has 0 spiro atoms. The largest absolute Gasteiger partial charge is 0.350 e. The van der Waals surface area contributed by atoms with Gasteiger partial charge in [0.15, 0.2) is 5.78 Å². The summed E-state index contributed by atoms with van der Waals surface area (Å²) < 4.78 is 0. The maximum absolute atomic E-state index is 12.1. The van der Waals surface area contributed by atoms with Gasteiger partial charge in [0.05, 0.1) is 6.04 Å². The van der Waals surface area contributed by atoms with Crippen LogP contribution in [-0.2, 0) is 9.59 Å². The Morgan fingerprint density at radius 3 is 2.26 bits per heavy atom. The third kappa shape index (κ3) is 5.51. The predicted molar refractivity (Wildman–Crippen MR) is 104 cm³/mol. The van der Waals surface area contributed by atoms with Gasteiger partial charge in [-0.05, 0) is 37.5 Å². The average Bonchev–Trinajstić information content (AvgIpc) is 3.52. The Kier molecular flexibility index (Phi) is 6.01. The molecule has 1 saturated carbocycles. The number of hydrogen-bond acceptors (Lipinski definition) is 3. The Morgan fingerprint density at radius 2 is 1.63 bits per heavy atom. The van der Waals surface area contributed by atoms with Crippen molar-refractivity contribution >= 4 is 23.3 Å². The van der Waals surface area contributed by atoms with Crippen LogP contribution in [0.25, 0.3) is 0 Å². The van der Waals surface area contributed by atoms with E-state index in [1.54, 1.807) is 12.1 Å². The van der Waals surface area contributed by atoms with Crippen molar-refractivity contribution in [1.82, 2.24) is 5.32 Å². The third-order valence-corrected chi connectivity index (χ3v) is 4.68. The van der Waals surface area contributed by atoms with Gasteiger partial charge in [0.1, 0.15) is 0 Å². The molecule has 1 unspecified atom stereocenters. The number of rotatable bonds is 8. The average molecular weight is 364 g/mol. The number of carbonyl (C=O) groups is 3. The van der Waals surface area contributed by atoms with E-state index in [4.69, 9.17) is 0 Å². The normalized spacial score (nSPS) is 14.3. The van der Waals surface area contributed by atoms with Crippen molar-refractivity contribution in [3.63, 3.8) is 0 Å². The number of anilines is 1. The third-order valence-electron chi connectivity index (χ3n) is 4.68. The second kappa shape index (κ2) is 8.62. The lowest BCUT2D eigenvalue weighted by Gasteiger charge is -2.15. The summed E-state index contributed by atoms with van der Waals surface area (Å²) in [6, 6.07) is 16.3. The number of ketones is 1. The molecule has 3 rings (SSSR count). The molecule has 1 aliphatic rings. The smallest absolute Gasteiger partial charge is 0.227 e. The van der Waals surface area contributed by atoms with Crippen LogP contribution in [0, 0.1) is 5.92 Å². The molecule has 5 nitrogen and oxygen atoms in total. The van der Waals surface area contributed by atoms with E-state index in [1.807, 2.05) is 49.4 Å². The van der Waals surface area contributed by atoms with Gasteiger partial charge >= 0.3 is 0 Å². The highest BCUT2D eigenvalue weighted by Gasteiger charge is 2.29. The van der Waals surface area contributed by atoms with E-state index in [1.165, 1.54) is 0 Å². The zero-order valence-electron chi connectivity index (χ0n) is 15.4. The van der Waals surface area contributed by atoms with E-state index in [9.17, 15) is 14.4 Å². The fraction of sp³-hybridized carbons (Fsp3) is 0.318. The van der Waals surface area contributed by atoms with Crippen LogP contribution in [0.15, 0.2) is 54.6 Å².